The van der Waals surface area contributed by atoms with Crippen LogP contribution in [-0.2, 0) is 6.54 Å². The highest BCUT2D eigenvalue weighted by Gasteiger charge is 2.00. The van der Waals surface area contributed by atoms with Gasteiger partial charge >= 0.3 is 0 Å². The van der Waals surface area contributed by atoms with Crippen molar-refractivity contribution in [2.45, 2.75) is 20.4 Å². The average molecular weight is 165 g/mol. The zero-order valence-corrected chi connectivity index (χ0v) is 7.54. The standard InChI is InChI=1S/C9H15N3/c1-3-12-5-4-8(11)9(12)6-7(2)10/h4-6H,3,10-11H2,1-2H3/b7-6-. The van der Waals surface area contributed by atoms with Crippen molar-refractivity contribution in [2.75, 3.05) is 5.73 Å². The second-order valence-electron chi connectivity index (χ2n) is 2.83. The summed E-state index contributed by atoms with van der Waals surface area (Å²) >= 11 is 0. The van der Waals surface area contributed by atoms with Gasteiger partial charge in [-0.1, -0.05) is 0 Å². The van der Waals surface area contributed by atoms with E-state index in [0.717, 1.165) is 23.6 Å². The number of hydrogen-bond acceptors (Lipinski definition) is 2. The van der Waals surface area contributed by atoms with Crippen LogP contribution in [0.4, 0.5) is 5.69 Å². The first kappa shape index (κ1) is 8.71. The number of aryl methyl sites for hydroxylation is 1. The molecule has 0 aliphatic carbocycles. The molecule has 0 atom stereocenters. The van der Waals surface area contributed by atoms with Crippen molar-refractivity contribution in [3.8, 4) is 0 Å². The van der Waals surface area contributed by atoms with E-state index in [1.807, 2.05) is 25.3 Å². The first-order valence-corrected chi connectivity index (χ1v) is 4.03. The molecule has 0 aromatic carbocycles. The van der Waals surface area contributed by atoms with E-state index in [1.54, 1.807) is 0 Å². The number of rotatable bonds is 2. The van der Waals surface area contributed by atoms with Crippen LogP contribution in [0.5, 0.6) is 0 Å². The molecule has 0 radical (unpaired) electrons. The van der Waals surface area contributed by atoms with Crippen LogP contribution in [0.3, 0.4) is 0 Å². The molecule has 1 heterocycles. The molecule has 0 unspecified atom stereocenters. The van der Waals surface area contributed by atoms with Crippen LogP contribution in [0.25, 0.3) is 6.08 Å². The molecule has 0 aliphatic rings. The Kier molecular flexibility index (Phi) is 2.43. The van der Waals surface area contributed by atoms with Crippen LogP contribution in [0.15, 0.2) is 18.0 Å². The molecule has 66 valence electrons. The number of hydrogen-bond donors (Lipinski definition) is 2. The lowest BCUT2D eigenvalue weighted by Gasteiger charge is -2.02. The summed E-state index contributed by atoms with van der Waals surface area (Å²) in [5, 5.41) is 0. The third-order valence-electron chi connectivity index (χ3n) is 1.74. The number of anilines is 1. The van der Waals surface area contributed by atoms with Gasteiger partial charge in [0.1, 0.15) is 0 Å². The summed E-state index contributed by atoms with van der Waals surface area (Å²) in [6.45, 7) is 4.84. The van der Waals surface area contributed by atoms with Crippen LogP contribution in [0.1, 0.15) is 19.5 Å². The van der Waals surface area contributed by atoms with E-state index < -0.39 is 0 Å². The zero-order chi connectivity index (χ0) is 9.14. The van der Waals surface area contributed by atoms with Crippen molar-refractivity contribution in [3.05, 3.63) is 23.7 Å². The topological polar surface area (TPSA) is 57.0 Å². The summed E-state index contributed by atoms with van der Waals surface area (Å²) in [4.78, 5) is 0. The van der Waals surface area contributed by atoms with E-state index in [0.29, 0.717) is 0 Å². The quantitative estimate of drug-likeness (QED) is 0.696. The van der Waals surface area contributed by atoms with Gasteiger partial charge in [0, 0.05) is 18.4 Å². The third kappa shape index (κ3) is 1.61. The molecule has 1 aromatic heterocycles. The van der Waals surface area contributed by atoms with Gasteiger partial charge in [-0.05, 0) is 26.0 Å². The summed E-state index contributed by atoms with van der Waals surface area (Å²) in [5.41, 5.74) is 13.9. The highest BCUT2D eigenvalue weighted by molar-refractivity contribution is 5.63. The Hall–Kier alpha value is -1.38. The molecular formula is C9H15N3. The Balaban J connectivity index is 3.10. The second-order valence-corrected chi connectivity index (χ2v) is 2.83. The fourth-order valence-corrected chi connectivity index (χ4v) is 1.16. The molecule has 0 amide bonds. The van der Waals surface area contributed by atoms with Crippen LogP contribution in [0.2, 0.25) is 0 Å². The van der Waals surface area contributed by atoms with Gasteiger partial charge in [0.05, 0.1) is 11.4 Å². The van der Waals surface area contributed by atoms with Gasteiger partial charge in [-0.3, -0.25) is 0 Å². The fraction of sp³-hybridized carbons (Fsp3) is 0.333. The monoisotopic (exact) mass is 165 g/mol. The van der Waals surface area contributed by atoms with E-state index in [1.165, 1.54) is 0 Å². The molecule has 4 N–H and O–H groups in total. The summed E-state index contributed by atoms with van der Waals surface area (Å²) in [5.74, 6) is 0. The summed E-state index contributed by atoms with van der Waals surface area (Å²) in [6.07, 6.45) is 3.85. The molecule has 3 nitrogen and oxygen atoms in total. The molecule has 0 aliphatic heterocycles. The lowest BCUT2D eigenvalue weighted by molar-refractivity contribution is 0.762. The molecular weight excluding hydrogens is 150 g/mol. The van der Waals surface area contributed by atoms with Crippen LogP contribution >= 0.6 is 0 Å². The van der Waals surface area contributed by atoms with Crippen molar-refractivity contribution < 1.29 is 0 Å². The zero-order valence-electron chi connectivity index (χ0n) is 7.54. The van der Waals surface area contributed by atoms with E-state index in [4.69, 9.17) is 11.5 Å². The molecule has 1 rings (SSSR count). The number of allylic oxidation sites excluding steroid dienone is 1. The van der Waals surface area contributed by atoms with Gasteiger partial charge in [-0.15, -0.1) is 0 Å². The third-order valence-corrected chi connectivity index (χ3v) is 1.74. The van der Waals surface area contributed by atoms with E-state index in [2.05, 4.69) is 11.5 Å². The number of nitrogen functional groups attached to an aromatic ring is 1. The minimum Gasteiger partial charge on any atom is -0.402 e. The normalized spacial score (nSPS) is 12.0. The van der Waals surface area contributed by atoms with E-state index in [-0.39, 0.29) is 0 Å². The summed E-state index contributed by atoms with van der Waals surface area (Å²) < 4.78 is 2.06. The summed E-state index contributed by atoms with van der Waals surface area (Å²) in [6, 6.07) is 1.89. The maximum atomic E-state index is 5.74. The number of aromatic nitrogens is 1. The number of nitrogens with zero attached hydrogens (tertiary/aromatic N) is 1. The Bertz CT molecular complexity index is 293. The first-order chi connectivity index (χ1) is 5.65. The van der Waals surface area contributed by atoms with Gasteiger partial charge < -0.3 is 16.0 Å². The maximum Gasteiger partial charge on any atom is 0.0657 e. The molecule has 3 heteroatoms. The van der Waals surface area contributed by atoms with Crippen LogP contribution in [-0.4, -0.2) is 4.57 Å². The van der Waals surface area contributed by atoms with Crippen molar-refractivity contribution in [2.24, 2.45) is 5.73 Å². The lowest BCUT2D eigenvalue weighted by Crippen LogP contribution is -1.99. The van der Waals surface area contributed by atoms with E-state index in [9.17, 15) is 0 Å². The van der Waals surface area contributed by atoms with Crippen molar-refractivity contribution in [3.63, 3.8) is 0 Å². The van der Waals surface area contributed by atoms with Crippen LogP contribution in [0, 0.1) is 0 Å². The Morgan fingerprint density at radius 3 is 2.83 bits per heavy atom. The molecule has 0 fully saturated rings. The second kappa shape index (κ2) is 3.34. The van der Waals surface area contributed by atoms with Gasteiger partial charge in [0.25, 0.3) is 0 Å². The fourth-order valence-electron chi connectivity index (χ4n) is 1.16. The summed E-state index contributed by atoms with van der Waals surface area (Å²) in [7, 11) is 0. The molecule has 12 heavy (non-hydrogen) atoms. The van der Waals surface area contributed by atoms with Gasteiger partial charge in [0.2, 0.25) is 0 Å². The minimum absolute atomic E-state index is 0.773. The minimum atomic E-state index is 0.773. The predicted molar refractivity (Wildman–Crippen MR) is 52.4 cm³/mol. The smallest absolute Gasteiger partial charge is 0.0657 e. The van der Waals surface area contributed by atoms with Gasteiger partial charge in [-0.2, -0.15) is 0 Å². The first-order valence-electron chi connectivity index (χ1n) is 4.03. The number of nitrogens with two attached hydrogens (primary N) is 2. The highest BCUT2D eigenvalue weighted by atomic mass is 15.0. The van der Waals surface area contributed by atoms with E-state index >= 15 is 0 Å². The molecule has 0 saturated heterocycles. The van der Waals surface area contributed by atoms with Gasteiger partial charge in [-0.25, -0.2) is 0 Å². The average Bonchev–Trinajstić information content (AvgIpc) is 2.32. The predicted octanol–water partition coefficient (Wildman–Crippen LogP) is 1.41. The Labute approximate surface area is 72.7 Å². The van der Waals surface area contributed by atoms with Crippen molar-refractivity contribution >= 4 is 11.8 Å². The van der Waals surface area contributed by atoms with Crippen molar-refractivity contribution in [1.82, 2.24) is 4.57 Å². The Morgan fingerprint density at radius 1 is 1.67 bits per heavy atom. The largest absolute Gasteiger partial charge is 0.402 e. The Morgan fingerprint density at radius 2 is 2.33 bits per heavy atom. The lowest BCUT2D eigenvalue weighted by atomic mass is 10.3. The molecule has 0 spiro atoms. The molecule has 1 aromatic rings. The maximum absolute atomic E-state index is 5.74. The molecule has 0 saturated carbocycles. The molecule has 0 bridgehead atoms. The highest BCUT2D eigenvalue weighted by Crippen LogP contribution is 2.15. The SMILES string of the molecule is CCn1ccc(N)c1/C=C(/C)N. The van der Waals surface area contributed by atoms with Crippen molar-refractivity contribution in [1.29, 1.82) is 0 Å². The van der Waals surface area contributed by atoms with Gasteiger partial charge in [0.15, 0.2) is 0 Å². The van der Waals surface area contributed by atoms with Crippen LogP contribution < -0.4 is 11.5 Å².